The van der Waals surface area contributed by atoms with Gasteiger partial charge in [0.25, 0.3) is 5.91 Å². The van der Waals surface area contributed by atoms with Crippen LogP contribution >= 0.6 is 11.3 Å². The second-order valence-corrected chi connectivity index (χ2v) is 6.56. The van der Waals surface area contributed by atoms with E-state index >= 15 is 0 Å². The average molecular weight is 275 g/mol. The molecule has 0 radical (unpaired) electrons. The van der Waals surface area contributed by atoms with Gasteiger partial charge in [0, 0.05) is 17.8 Å². The Morgan fingerprint density at radius 1 is 1.42 bits per heavy atom. The van der Waals surface area contributed by atoms with Gasteiger partial charge in [0.2, 0.25) is 0 Å². The normalized spacial score (nSPS) is 23.8. The van der Waals surface area contributed by atoms with Crippen molar-refractivity contribution in [3.05, 3.63) is 35.2 Å². The largest absolute Gasteiger partial charge is 0.388 e. The van der Waals surface area contributed by atoms with Crippen molar-refractivity contribution >= 4 is 27.3 Å². The molecule has 3 rings (SSSR count). The predicted molar refractivity (Wildman–Crippen MR) is 77.6 cm³/mol. The van der Waals surface area contributed by atoms with Gasteiger partial charge in [-0.15, -0.1) is 11.3 Å². The van der Waals surface area contributed by atoms with Gasteiger partial charge in [0.1, 0.15) is 0 Å². The van der Waals surface area contributed by atoms with E-state index in [1.54, 1.807) is 11.8 Å². The Hall–Kier alpha value is -1.39. The third kappa shape index (κ3) is 2.51. The quantitative estimate of drug-likeness (QED) is 0.869. The molecule has 1 aliphatic rings. The van der Waals surface area contributed by atoms with Gasteiger partial charge in [-0.05, 0) is 37.3 Å². The number of rotatable bonds is 1. The molecule has 1 aromatic heterocycles. The van der Waals surface area contributed by atoms with E-state index in [4.69, 9.17) is 0 Å². The molecule has 0 aliphatic carbocycles. The van der Waals surface area contributed by atoms with Crippen LogP contribution in [0.4, 0.5) is 0 Å². The highest BCUT2D eigenvalue weighted by atomic mass is 32.1. The van der Waals surface area contributed by atoms with Gasteiger partial charge in [-0.1, -0.05) is 18.2 Å². The molecule has 1 unspecified atom stereocenters. The minimum atomic E-state index is -0.745. The topological polar surface area (TPSA) is 40.5 Å². The van der Waals surface area contributed by atoms with Crippen molar-refractivity contribution in [3.63, 3.8) is 0 Å². The highest BCUT2D eigenvalue weighted by Crippen LogP contribution is 2.28. The Morgan fingerprint density at radius 2 is 2.21 bits per heavy atom. The minimum absolute atomic E-state index is 0.0428. The summed E-state index contributed by atoms with van der Waals surface area (Å²) in [7, 11) is 0. The zero-order chi connectivity index (χ0) is 13.5. The molecule has 0 saturated carbocycles. The van der Waals surface area contributed by atoms with Crippen LogP contribution in [0.3, 0.4) is 0 Å². The number of piperidine rings is 1. The Labute approximate surface area is 116 Å². The summed E-state index contributed by atoms with van der Waals surface area (Å²) in [5, 5.41) is 11.2. The van der Waals surface area contributed by atoms with Gasteiger partial charge in [-0.2, -0.15) is 0 Å². The number of hydrogen-bond acceptors (Lipinski definition) is 3. The number of thiophene rings is 1. The van der Waals surface area contributed by atoms with E-state index < -0.39 is 5.60 Å². The molecule has 0 bridgehead atoms. The number of fused-ring (bicyclic) bond motifs is 1. The summed E-state index contributed by atoms with van der Waals surface area (Å²) in [6.07, 6.45) is 1.63. The molecule has 2 aromatic rings. The smallest absolute Gasteiger partial charge is 0.264 e. The molecule has 1 fully saturated rings. The maximum Gasteiger partial charge on any atom is 0.264 e. The maximum absolute atomic E-state index is 12.5. The van der Waals surface area contributed by atoms with Gasteiger partial charge in [-0.3, -0.25) is 4.79 Å². The van der Waals surface area contributed by atoms with Crippen molar-refractivity contribution in [2.24, 2.45) is 0 Å². The lowest BCUT2D eigenvalue weighted by molar-refractivity contribution is -0.0105. The lowest BCUT2D eigenvalue weighted by atomic mass is 9.95. The fourth-order valence-electron chi connectivity index (χ4n) is 2.64. The Morgan fingerprint density at radius 3 is 2.95 bits per heavy atom. The highest BCUT2D eigenvalue weighted by molar-refractivity contribution is 7.20. The molecule has 100 valence electrons. The molecule has 1 aromatic carbocycles. The molecule has 2 heterocycles. The number of nitrogens with zero attached hydrogens (tertiary/aromatic N) is 1. The monoisotopic (exact) mass is 275 g/mol. The first-order chi connectivity index (χ1) is 9.05. The summed E-state index contributed by atoms with van der Waals surface area (Å²) in [6, 6.07) is 9.97. The summed E-state index contributed by atoms with van der Waals surface area (Å²) in [5.41, 5.74) is -0.745. The molecule has 1 atom stereocenters. The van der Waals surface area contributed by atoms with Crippen LogP contribution in [-0.4, -0.2) is 34.6 Å². The van der Waals surface area contributed by atoms with E-state index in [9.17, 15) is 9.90 Å². The average Bonchev–Trinajstić information content (AvgIpc) is 2.80. The summed E-state index contributed by atoms with van der Waals surface area (Å²) in [5.74, 6) is 0.0428. The van der Waals surface area contributed by atoms with Crippen LogP contribution in [0.5, 0.6) is 0 Å². The molecule has 4 heteroatoms. The minimum Gasteiger partial charge on any atom is -0.388 e. The molecule has 3 nitrogen and oxygen atoms in total. The molecule has 1 amide bonds. The second kappa shape index (κ2) is 4.62. The Bertz CT molecular complexity index is 584. The number of carbonyl (C=O) groups excluding carboxylic acids is 1. The first kappa shape index (κ1) is 12.6. The number of β-amino-alcohol motifs (C(OH)–C–C–N with tert-alkyl or cyclic N) is 1. The molecule has 1 aliphatic heterocycles. The molecule has 1 saturated heterocycles. The van der Waals surface area contributed by atoms with Gasteiger partial charge in [0.05, 0.1) is 10.5 Å². The number of aliphatic hydroxyl groups is 1. The fraction of sp³-hybridized carbons (Fsp3) is 0.400. The molecular formula is C15H17NO2S. The molecule has 19 heavy (non-hydrogen) atoms. The SMILES string of the molecule is CC1(O)CCCN(C(=O)c2cc3ccccc3s2)C1. The molecular weight excluding hydrogens is 258 g/mol. The van der Waals surface area contributed by atoms with Crippen LogP contribution in [0.2, 0.25) is 0 Å². The summed E-state index contributed by atoms with van der Waals surface area (Å²) in [4.78, 5) is 15.0. The van der Waals surface area contributed by atoms with Crippen molar-refractivity contribution < 1.29 is 9.90 Å². The van der Waals surface area contributed by atoms with E-state index in [-0.39, 0.29) is 5.91 Å². The highest BCUT2D eigenvalue weighted by Gasteiger charge is 2.31. The van der Waals surface area contributed by atoms with Crippen LogP contribution in [0.15, 0.2) is 30.3 Å². The van der Waals surface area contributed by atoms with E-state index in [1.807, 2.05) is 30.3 Å². The number of carbonyl (C=O) groups is 1. The van der Waals surface area contributed by atoms with Crippen molar-refractivity contribution in [2.45, 2.75) is 25.4 Å². The van der Waals surface area contributed by atoms with Crippen molar-refractivity contribution in [1.82, 2.24) is 4.90 Å². The zero-order valence-corrected chi connectivity index (χ0v) is 11.7. The third-order valence-electron chi connectivity index (χ3n) is 3.60. The number of benzene rings is 1. The fourth-order valence-corrected chi connectivity index (χ4v) is 3.67. The Kier molecular flexibility index (Phi) is 3.07. The van der Waals surface area contributed by atoms with E-state index in [1.165, 1.54) is 11.3 Å². The zero-order valence-electron chi connectivity index (χ0n) is 10.9. The summed E-state index contributed by atoms with van der Waals surface area (Å²) in [6.45, 7) is 2.97. The van der Waals surface area contributed by atoms with Crippen molar-refractivity contribution in [1.29, 1.82) is 0 Å². The first-order valence-corrected chi connectivity index (χ1v) is 7.37. The molecule has 0 spiro atoms. The van der Waals surface area contributed by atoms with Gasteiger partial charge < -0.3 is 10.0 Å². The predicted octanol–water partition coefficient (Wildman–Crippen LogP) is 2.89. The van der Waals surface area contributed by atoms with E-state index in [2.05, 4.69) is 0 Å². The van der Waals surface area contributed by atoms with Crippen molar-refractivity contribution in [2.75, 3.05) is 13.1 Å². The van der Waals surface area contributed by atoms with Gasteiger partial charge in [0.15, 0.2) is 0 Å². The van der Waals surface area contributed by atoms with Crippen LogP contribution in [-0.2, 0) is 0 Å². The Balaban J connectivity index is 1.87. The van der Waals surface area contributed by atoms with Crippen LogP contribution < -0.4 is 0 Å². The van der Waals surface area contributed by atoms with Crippen LogP contribution in [0.25, 0.3) is 10.1 Å². The third-order valence-corrected chi connectivity index (χ3v) is 4.70. The number of hydrogen-bond donors (Lipinski definition) is 1. The van der Waals surface area contributed by atoms with E-state index in [0.717, 1.165) is 34.3 Å². The van der Waals surface area contributed by atoms with E-state index in [0.29, 0.717) is 6.54 Å². The lowest BCUT2D eigenvalue weighted by Crippen LogP contribution is -2.48. The van der Waals surface area contributed by atoms with Crippen LogP contribution in [0.1, 0.15) is 29.4 Å². The maximum atomic E-state index is 12.5. The molecule has 1 N–H and O–H groups in total. The lowest BCUT2D eigenvalue weighted by Gasteiger charge is -2.36. The van der Waals surface area contributed by atoms with Gasteiger partial charge in [-0.25, -0.2) is 0 Å². The summed E-state index contributed by atoms with van der Waals surface area (Å²) < 4.78 is 1.13. The number of amides is 1. The standard InChI is InChI=1S/C15H17NO2S/c1-15(18)7-4-8-16(10-15)14(17)13-9-11-5-2-3-6-12(11)19-13/h2-3,5-6,9,18H,4,7-8,10H2,1H3. The number of likely N-dealkylation sites (tertiary alicyclic amines) is 1. The van der Waals surface area contributed by atoms with Gasteiger partial charge >= 0.3 is 0 Å². The van der Waals surface area contributed by atoms with Crippen molar-refractivity contribution in [3.8, 4) is 0 Å². The van der Waals surface area contributed by atoms with Crippen LogP contribution in [0, 0.1) is 0 Å². The second-order valence-electron chi connectivity index (χ2n) is 5.48. The summed E-state index contributed by atoms with van der Waals surface area (Å²) >= 11 is 1.53. The first-order valence-electron chi connectivity index (χ1n) is 6.55.